The van der Waals surface area contributed by atoms with Gasteiger partial charge in [0.25, 0.3) is 0 Å². The first-order valence-electron chi connectivity index (χ1n) is 8.36. The van der Waals surface area contributed by atoms with Gasteiger partial charge >= 0.3 is 0 Å². The zero-order valence-corrected chi connectivity index (χ0v) is 18.0. The van der Waals surface area contributed by atoms with E-state index in [1.165, 1.54) is 11.8 Å². The van der Waals surface area contributed by atoms with Gasteiger partial charge in [-0.25, -0.2) is 0 Å². The number of anilines is 1. The van der Waals surface area contributed by atoms with Gasteiger partial charge in [-0.05, 0) is 37.6 Å². The maximum Gasteiger partial charge on any atom is 0.234 e. The molecule has 0 aliphatic carbocycles. The standard InChI is InChI=1S/C19H18BrClN4OS/c1-3-25-18(14-7-5-4-6-12(14)2)23-24-19(25)27-11-17(26)22-16-9-8-13(20)10-15(16)21/h4-10H,3,11H2,1-2H3,(H,22,26). The lowest BCUT2D eigenvalue weighted by Gasteiger charge is -2.10. The van der Waals surface area contributed by atoms with E-state index >= 15 is 0 Å². The first-order chi connectivity index (χ1) is 13.0. The number of hydrogen-bond donors (Lipinski definition) is 1. The van der Waals surface area contributed by atoms with Crippen LogP contribution in [0.4, 0.5) is 5.69 Å². The monoisotopic (exact) mass is 464 g/mol. The Morgan fingerprint density at radius 3 is 2.74 bits per heavy atom. The molecule has 1 aromatic heterocycles. The maximum absolute atomic E-state index is 12.3. The van der Waals surface area contributed by atoms with Gasteiger partial charge in [-0.1, -0.05) is 63.6 Å². The summed E-state index contributed by atoms with van der Waals surface area (Å²) in [5, 5.41) is 12.6. The van der Waals surface area contributed by atoms with Gasteiger partial charge in [-0.15, -0.1) is 10.2 Å². The van der Waals surface area contributed by atoms with Crippen LogP contribution in [-0.4, -0.2) is 26.4 Å². The fourth-order valence-electron chi connectivity index (χ4n) is 2.61. The molecule has 0 aliphatic rings. The highest BCUT2D eigenvalue weighted by Crippen LogP contribution is 2.28. The second-order valence-electron chi connectivity index (χ2n) is 5.83. The molecular weight excluding hydrogens is 448 g/mol. The Hall–Kier alpha value is -1.83. The van der Waals surface area contributed by atoms with Crippen LogP contribution in [-0.2, 0) is 11.3 Å². The van der Waals surface area contributed by atoms with Gasteiger partial charge in [0.2, 0.25) is 5.91 Å². The van der Waals surface area contributed by atoms with Crippen molar-refractivity contribution in [2.45, 2.75) is 25.5 Å². The lowest BCUT2D eigenvalue weighted by atomic mass is 10.1. The number of halogens is 2. The number of nitrogens with one attached hydrogen (secondary N) is 1. The highest BCUT2D eigenvalue weighted by Gasteiger charge is 2.16. The normalized spacial score (nSPS) is 10.8. The summed E-state index contributed by atoms with van der Waals surface area (Å²) in [6.45, 7) is 4.81. The van der Waals surface area contributed by atoms with Crippen molar-refractivity contribution >= 4 is 50.9 Å². The van der Waals surface area contributed by atoms with E-state index < -0.39 is 0 Å². The van der Waals surface area contributed by atoms with Crippen molar-refractivity contribution in [2.24, 2.45) is 0 Å². The Morgan fingerprint density at radius 2 is 2.04 bits per heavy atom. The number of amides is 1. The van der Waals surface area contributed by atoms with Crippen molar-refractivity contribution in [1.82, 2.24) is 14.8 Å². The predicted octanol–water partition coefficient (Wildman–Crippen LogP) is 5.42. The lowest BCUT2D eigenvalue weighted by Crippen LogP contribution is -2.15. The Morgan fingerprint density at radius 1 is 1.26 bits per heavy atom. The quantitative estimate of drug-likeness (QED) is 0.494. The first-order valence-corrected chi connectivity index (χ1v) is 10.5. The number of carbonyl (C=O) groups excluding carboxylic acids is 1. The molecule has 1 heterocycles. The average molecular weight is 466 g/mol. The molecule has 0 bridgehead atoms. The molecule has 0 spiro atoms. The van der Waals surface area contributed by atoms with Crippen molar-refractivity contribution in [2.75, 3.05) is 11.1 Å². The van der Waals surface area contributed by atoms with Crippen LogP contribution >= 0.6 is 39.3 Å². The van der Waals surface area contributed by atoms with Gasteiger partial charge in [-0.2, -0.15) is 0 Å². The van der Waals surface area contributed by atoms with Crippen LogP contribution < -0.4 is 5.32 Å². The number of rotatable bonds is 6. The highest BCUT2D eigenvalue weighted by molar-refractivity contribution is 9.10. The Kier molecular flexibility index (Phi) is 6.57. The fourth-order valence-corrected chi connectivity index (χ4v) is 4.13. The van der Waals surface area contributed by atoms with Crippen molar-refractivity contribution in [3.8, 4) is 11.4 Å². The van der Waals surface area contributed by atoms with Gasteiger partial charge in [0.15, 0.2) is 11.0 Å². The molecule has 3 rings (SSSR count). The Labute approximate surface area is 175 Å². The number of aromatic nitrogens is 3. The lowest BCUT2D eigenvalue weighted by molar-refractivity contribution is -0.113. The first kappa shape index (κ1) is 19.9. The van der Waals surface area contributed by atoms with E-state index in [9.17, 15) is 4.79 Å². The molecule has 0 saturated heterocycles. The minimum atomic E-state index is -0.146. The van der Waals surface area contributed by atoms with Gasteiger partial charge in [0.05, 0.1) is 16.5 Å². The SMILES string of the molecule is CCn1c(SCC(=O)Nc2ccc(Br)cc2Cl)nnc1-c1ccccc1C. The van der Waals surface area contributed by atoms with E-state index in [4.69, 9.17) is 11.6 Å². The van der Waals surface area contributed by atoms with Crippen molar-refractivity contribution in [1.29, 1.82) is 0 Å². The summed E-state index contributed by atoms with van der Waals surface area (Å²) in [6, 6.07) is 13.4. The minimum Gasteiger partial charge on any atom is -0.324 e. The predicted molar refractivity (Wildman–Crippen MR) is 114 cm³/mol. The molecule has 1 amide bonds. The second-order valence-corrected chi connectivity index (χ2v) is 8.09. The molecule has 8 heteroatoms. The molecular formula is C19H18BrClN4OS. The number of thioether (sulfide) groups is 1. The van der Waals surface area contributed by atoms with Crippen molar-refractivity contribution in [3.63, 3.8) is 0 Å². The fraction of sp³-hybridized carbons (Fsp3) is 0.211. The van der Waals surface area contributed by atoms with Crippen LogP contribution in [0.3, 0.4) is 0 Å². The molecule has 5 nitrogen and oxygen atoms in total. The van der Waals surface area contributed by atoms with Crippen molar-refractivity contribution < 1.29 is 4.79 Å². The van der Waals surface area contributed by atoms with E-state index in [1.54, 1.807) is 12.1 Å². The molecule has 0 fully saturated rings. The van der Waals surface area contributed by atoms with Crippen molar-refractivity contribution in [3.05, 3.63) is 57.5 Å². The smallest absolute Gasteiger partial charge is 0.234 e. The van der Waals surface area contributed by atoms with Crippen LogP contribution in [0.5, 0.6) is 0 Å². The summed E-state index contributed by atoms with van der Waals surface area (Å²) in [5.41, 5.74) is 2.77. The Balaban J connectivity index is 1.71. The summed E-state index contributed by atoms with van der Waals surface area (Å²) in [4.78, 5) is 12.3. The number of aryl methyl sites for hydroxylation is 1. The third-order valence-electron chi connectivity index (χ3n) is 3.96. The highest BCUT2D eigenvalue weighted by atomic mass is 79.9. The second kappa shape index (κ2) is 8.91. The van der Waals surface area contributed by atoms with E-state index in [-0.39, 0.29) is 11.7 Å². The van der Waals surface area contributed by atoms with E-state index in [1.807, 2.05) is 48.7 Å². The minimum absolute atomic E-state index is 0.146. The van der Waals surface area contributed by atoms with Gasteiger partial charge in [0, 0.05) is 16.6 Å². The van der Waals surface area contributed by atoms with E-state index in [2.05, 4.69) is 31.4 Å². The van der Waals surface area contributed by atoms with E-state index in [0.717, 1.165) is 28.0 Å². The van der Waals surface area contributed by atoms with Crippen LogP contribution in [0, 0.1) is 6.92 Å². The summed E-state index contributed by atoms with van der Waals surface area (Å²) >= 11 is 10.8. The summed E-state index contributed by atoms with van der Waals surface area (Å²) in [6.07, 6.45) is 0. The molecule has 0 aliphatic heterocycles. The van der Waals surface area contributed by atoms with Crippen LogP contribution in [0.25, 0.3) is 11.4 Å². The number of nitrogens with zero attached hydrogens (tertiary/aromatic N) is 3. The maximum atomic E-state index is 12.3. The number of benzene rings is 2. The molecule has 0 unspecified atom stereocenters. The average Bonchev–Trinajstić information content (AvgIpc) is 3.05. The molecule has 3 aromatic rings. The van der Waals surface area contributed by atoms with E-state index in [0.29, 0.717) is 15.9 Å². The molecule has 2 aromatic carbocycles. The van der Waals surface area contributed by atoms with Crippen LogP contribution in [0.2, 0.25) is 5.02 Å². The summed E-state index contributed by atoms with van der Waals surface area (Å²) in [5.74, 6) is 0.889. The van der Waals surface area contributed by atoms with Gasteiger partial charge in [-0.3, -0.25) is 4.79 Å². The molecule has 27 heavy (non-hydrogen) atoms. The third-order valence-corrected chi connectivity index (χ3v) is 5.73. The summed E-state index contributed by atoms with van der Waals surface area (Å²) < 4.78 is 2.88. The topological polar surface area (TPSA) is 59.8 Å². The van der Waals surface area contributed by atoms with Gasteiger partial charge in [0.1, 0.15) is 0 Å². The van der Waals surface area contributed by atoms with Crippen LogP contribution in [0.15, 0.2) is 52.1 Å². The molecule has 140 valence electrons. The zero-order chi connectivity index (χ0) is 19.4. The molecule has 0 saturated carbocycles. The largest absolute Gasteiger partial charge is 0.324 e. The Bertz CT molecular complexity index is 976. The van der Waals surface area contributed by atoms with Crippen LogP contribution in [0.1, 0.15) is 12.5 Å². The third kappa shape index (κ3) is 4.72. The van der Waals surface area contributed by atoms with Gasteiger partial charge < -0.3 is 9.88 Å². The zero-order valence-electron chi connectivity index (χ0n) is 14.9. The summed E-state index contributed by atoms with van der Waals surface area (Å²) in [7, 11) is 0. The molecule has 1 N–H and O–H groups in total. The number of carbonyl (C=O) groups is 1. The number of hydrogen-bond acceptors (Lipinski definition) is 4. The molecule has 0 atom stereocenters. The molecule has 0 radical (unpaired) electrons.